The topological polar surface area (TPSA) is 41.1 Å². The molecule has 0 radical (unpaired) electrons. The van der Waals surface area contributed by atoms with Crippen LogP contribution in [0.2, 0.25) is 0 Å². The van der Waals surface area contributed by atoms with Crippen molar-refractivity contribution in [1.29, 1.82) is 0 Å². The Balaban J connectivity index is 2.60. The smallest absolute Gasteiger partial charge is 0.227 e. The summed E-state index contributed by atoms with van der Waals surface area (Å²) in [4.78, 5) is 12.4. The predicted octanol–water partition coefficient (Wildman–Crippen LogP) is 2.32. The third kappa shape index (κ3) is 3.44. The summed E-state index contributed by atoms with van der Waals surface area (Å²) < 4.78 is 0. The van der Waals surface area contributed by atoms with Gasteiger partial charge in [0.15, 0.2) is 0 Å². The van der Waals surface area contributed by atoms with Gasteiger partial charge in [-0.2, -0.15) is 0 Å². The molecule has 0 saturated carbocycles. The number of hydrogen-bond donors (Lipinski definition) is 2. The summed E-state index contributed by atoms with van der Waals surface area (Å²) >= 11 is 0. The van der Waals surface area contributed by atoms with Crippen LogP contribution in [0.3, 0.4) is 0 Å². The van der Waals surface area contributed by atoms with Gasteiger partial charge >= 0.3 is 0 Å². The average Bonchev–Trinajstić information content (AvgIpc) is 2.78. The van der Waals surface area contributed by atoms with Gasteiger partial charge in [-0.15, -0.1) is 0 Å². The zero-order valence-electron chi connectivity index (χ0n) is 11.8. The molecule has 1 aliphatic rings. The first-order chi connectivity index (χ1) is 8.05. The molecule has 0 aromatic heterocycles. The van der Waals surface area contributed by atoms with Crippen LogP contribution in [-0.2, 0) is 4.79 Å². The molecule has 3 unspecified atom stereocenters. The van der Waals surface area contributed by atoms with Crippen LogP contribution in [0.1, 0.15) is 53.4 Å². The van der Waals surface area contributed by atoms with Gasteiger partial charge in [0.05, 0.1) is 5.41 Å². The van der Waals surface area contributed by atoms with Gasteiger partial charge in [-0.3, -0.25) is 4.79 Å². The quantitative estimate of drug-likeness (QED) is 0.748. The van der Waals surface area contributed by atoms with Gasteiger partial charge in [0, 0.05) is 12.6 Å². The highest BCUT2D eigenvalue weighted by molar-refractivity contribution is 5.83. The van der Waals surface area contributed by atoms with E-state index in [-0.39, 0.29) is 17.4 Å². The second kappa shape index (κ2) is 6.39. The molecule has 1 saturated heterocycles. The van der Waals surface area contributed by atoms with Crippen LogP contribution < -0.4 is 10.6 Å². The maximum atomic E-state index is 12.4. The first kappa shape index (κ1) is 14.5. The van der Waals surface area contributed by atoms with Crippen LogP contribution in [0.5, 0.6) is 0 Å². The van der Waals surface area contributed by atoms with E-state index in [2.05, 4.69) is 38.3 Å². The summed E-state index contributed by atoms with van der Waals surface area (Å²) in [7, 11) is 0. The van der Waals surface area contributed by atoms with Gasteiger partial charge in [-0.05, 0) is 32.2 Å². The van der Waals surface area contributed by atoms with E-state index in [1.807, 2.05) is 0 Å². The third-order valence-corrected chi connectivity index (χ3v) is 4.31. The van der Waals surface area contributed by atoms with Crippen LogP contribution in [0.4, 0.5) is 0 Å². The summed E-state index contributed by atoms with van der Waals surface area (Å²) in [6.45, 7) is 10.5. The Morgan fingerprint density at radius 2 is 2.12 bits per heavy atom. The van der Waals surface area contributed by atoms with Crippen molar-refractivity contribution in [2.75, 3.05) is 13.1 Å². The average molecular weight is 240 g/mol. The van der Waals surface area contributed by atoms with Crippen molar-refractivity contribution in [3.63, 3.8) is 0 Å². The molecule has 1 fully saturated rings. The lowest BCUT2D eigenvalue weighted by atomic mass is 9.81. The fourth-order valence-electron chi connectivity index (χ4n) is 2.60. The molecule has 100 valence electrons. The highest BCUT2D eigenvalue weighted by Crippen LogP contribution is 2.31. The molecule has 0 spiro atoms. The van der Waals surface area contributed by atoms with E-state index < -0.39 is 0 Å². The molecule has 1 aliphatic heterocycles. The molecular formula is C14H28N2O. The van der Waals surface area contributed by atoms with Crippen LogP contribution in [0.15, 0.2) is 0 Å². The number of hydrogen-bond acceptors (Lipinski definition) is 2. The predicted molar refractivity (Wildman–Crippen MR) is 71.9 cm³/mol. The van der Waals surface area contributed by atoms with E-state index in [1.54, 1.807) is 0 Å². The van der Waals surface area contributed by atoms with E-state index in [4.69, 9.17) is 0 Å². The molecule has 0 aliphatic carbocycles. The number of carbonyl (C=O) groups excluding carboxylic acids is 1. The molecule has 1 amide bonds. The first-order valence-electron chi connectivity index (χ1n) is 7.07. The van der Waals surface area contributed by atoms with Crippen molar-refractivity contribution in [2.45, 2.75) is 59.4 Å². The Kier molecular flexibility index (Phi) is 5.44. The maximum absolute atomic E-state index is 12.4. The minimum absolute atomic E-state index is 0.142. The molecule has 3 atom stereocenters. The molecule has 17 heavy (non-hydrogen) atoms. The minimum Gasteiger partial charge on any atom is -0.353 e. The lowest BCUT2D eigenvalue weighted by Crippen LogP contribution is -2.47. The van der Waals surface area contributed by atoms with E-state index in [0.717, 1.165) is 38.8 Å². The van der Waals surface area contributed by atoms with Crippen molar-refractivity contribution >= 4 is 5.91 Å². The lowest BCUT2D eigenvalue weighted by Gasteiger charge is -2.30. The zero-order valence-corrected chi connectivity index (χ0v) is 11.8. The van der Waals surface area contributed by atoms with E-state index in [0.29, 0.717) is 5.92 Å². The number of nitrogens with one attached hydrogen (secondary N) is 2. The van der Waals surface area contributed by atoms with Crippen molar-refractivity contribution < 1.29 is 4.79 Å². The van der Waals surface area contributed by atoms with Crippen LogP contribution in [0, 0.1) is 11.3 Å². The molecule has 0 aromatic carbocycles. The number of rotatable bonds is 6. The molecule has 0 aromatic rings. The van der Waals surface area contributed by atoms with E-state index in [1.165, 1.54) is 0 Å². The fourth-order valence-corrected chi connectivity index (χ4v) is 2.60. The molecule has 3 nitrogen and oxygen atoms in total. The summed E-state index contributed by atoms with van der Waals surface area (Å²) in [5, 5.41) is 6.55. The second-order valence-electron chi connectivity index (χ2n) is 5.60. The monoisotopic (exact) mass is 240 g/mol. The van der Waals surface area contributed by atoms with Gasteiger partial charge in [0.1, 0.15) is 0 Å². The van der Waals surface area contributed by atoms with Crippen molar-refractivity contribution in [1.82, 2.24) is 10.6 Å². The Bertz CT molecular complexity index is 247. The van der Waals surface area contributed by atoms with E-state index in [9.17, 15) is 4.79 Å². The zero-order chi connectivity index (χ0) is 12.9. The van der Waals surface area contributed by atoms with Crippen LogP contribution in [-0.4, -0.2) is 25.0 Å². The Morgan fingerprint density at radius 1 is 1.41 bits per heavy atom. The van der Waals surface area contributed by atoms with Crippen LogP contribution in [0.25, 0.3) is 0 Å². The number of carbonyl (C=O) groups is 1. The summed E-state index contributed by atoms with van der Waals surface area (Å²) in [5.41, 5.74) is -0.142. The standard InChI is InChI=1S/C14H28N2O/c1-5-7-14(8-9-15-10-14)13(17)16-12(4)11(3)6-2/h11-12,15H,5-10H2,1-4H3,(H,16,17). The van der Waals surface area contributed by atoms with Gasteiger partial charge in [-0.25, -0.2) is 0 Å². The second-order valence-corrected chi connectivity index (χ2v) is 5.60. The largest absolute Gasteiger partial charge is 0.353 e. The van der Waals surface area contributed by atoms with Crippen molar-refractivity contribution in [3.05, 3.63) is 0 Å². The summed E-state index contributed by atoms with van der Waals surface area (Å²) in [6.07, 6.45) is 4.17. The highest BCUT2D eigenvalue weighted by Gasteiger charge is 2.40. The van der Waals surface area contributed by atoms with Gasteiger partial charge in [-0.1, -0.05) is 33.6 Å². The molecule has 3 heteroatoms. The fraction of sp³-hybridized carbons (Fsp3) is 0.929. The molecule has 1 rings (SSSR count). The SMILES string of the molecule is CCCC1(C(=O)NC(C)C(C)CC)CCNC1. The Morgan fingerprint density at radius 3 is 2.59 bits per heavy atom. The minimum atomic E-state index is -0.142. The highest BCUT2D eigenvalue weighted by atomic mass is 16.2. The van der Waals surface area contributed by atoms with Crippen LogP contribution >= 0.6 is 0 Å². The summed E-state index contributed by atoms with van der Waals surface area (Å²) in [5.74, 6) is 0.809. The van der Waals surface area contributed by atoms with Gasteiger partial charge < -0.3 is 10.6 Å². The molecular weight excluding hydrogens is 212 g/mol. The maximum Gasteiger partial charge on any atom is 0.227 e. The summed E-state index contributed by atoms with van der Waals surface area (Å²) in [6, 6.07) is 0.279. The Hall–Kier alpha value is -0.570. The normalized spacial score (nSPS) is 27.8. The Labute approximate surface area is 106 Å². The number of amides is 1. The molecule has 1 heterocycles. The van der Waals surface area contributed by atoms with Crippen molar-refractivity contribution in [3.8, 4) is 0 Å². The van der Waals surface area contributed by atoms with Gasteiger partial charge in [0.2, 0.25) is 5.91 Å². The lowest BCUT2D eigenvalue weighted by molar-refractivity contribution is -0.131. The van der Waals surface area contributed by atoms with E-state index >= 15 is 0 Å². The van der Waals surface area contributed by atoms with Gasteiger partial charge in [0.25, 0.3) is 0 Å². The first-order valence-corrected chi connectivity index (χ1v) is 7.07. The molecule has 2 N–H and O–H groups in total. The van der Waals surface area contributed by atoms with Crippen molar-refractivity contribution in [2.24, 2.45) is 11.3 Å². The third-order valence-electron chi connectivity index (χ3n) is 4.31. The molecule has 0 bridgehead atoms.